The third-order valence-electron chi connectivity index (χ3n) is 4.17. The molecule has 0 radical (unpaired) electrons. The molecule has 1 heterocycles. The highest BCUT2D eigenvalue weighted by Crippen LogP contribution is 2.32. The molecule has 1 saturated heterocycles. The van der Waals surface area contributed by atoms with Gasteiger partial charge in [0.2, 0.25) is 0 Å². The maximum Gasteiger partial charge on any atom is 0.155 e. The number of aryl methyl sites for hydroxylation is 1. The highest BCUT2D eigenvalue weighted by molar-refractivity contribution is 5.38. The quantitative estimate of drug-likeness (QED) is 0.933. The molecule has 3 rings (SSSR count). The number of aliphatic hydroxyl groups excluding tert-OH is 1. The van der Waals surface area contributed by atoms with Crippen molar-refractivity contribution in [1.82, 2.24) is 0 Å². The Morgan fingerprint density at radius 3 is 2.73 bits per heavy atom. The predicted octanol–water partition coefficient (Wildman–Crippen LogP) is 3.79. The van der Waals surface area contributed by atoms with Gasteiger partial charge in [0.05, 0.1) is 6.61 Å². The molecule has 1 fully saturated rings. The van der Waals surface area contributed by atoms with Gasteiger partial charge >= 0.3 is 0 Å². The highest BCUT2D eigenvalue weighted by atomic mass is 16.6. The van der Waals surface area contributed by atoms with E-state index in [4.69, 9.17) is 9.47 Å². The fraction of sp³-hybridized carbons (Fsp3) is 0.368. The largest absolute Gasteiger partial charge is 0.489 e. The molecule has 0 aliphatic carbocycles. The van der Waals surface area contributed by atoms with E-state index < -0.39 is 6.29 Å². The summed E-state index contributed by atoms with van der Waals surface area (Å²) in [6.45, 7) is 3.27. The summed E-state index contributed by atoms with van der Waals surface area (Å²) >= 11 is 0. The zero-order chi connectivity index (χ0) is 15.4. The van der Waals surface area contributed by atoms with E-state index >= 15 is 0 Å². The van der Waals surface area contributed by atoms with Crippen molar-refractivity contribution in [3.63, 3.8) is 0 Å². The Morgan fingerprint density at radius 1 is 1.18 bits per heavy atom. The van der Waals surface area contributed by atoms with Gasteiger partial charge in [-0.3, -0.25) is 0 Å². The lowest BCUT2D eigenvalue weighted by Gasteiger charge is -2.27. The molecule has 0 aromatic heterocycles. The van der Waals surface area contributed by atoms with Crippen molar-refractivity contribution in [2.45, 2.75) is 38.6 Å². The maximum atomic E-state index is 9.63. The van der Waals surface area contributed by atoms with E-state index in [1.165, 1.54) is 11.1 Å². The summed E-state index contributed by atoms with van der Waals surface area (Å²) in [5.74, 6) is 1.28. The first-order valence-electron chi connectivity index (χ1n) is 7.79. The van der Waals surface area contributed by atoms with Gasteiger partial charge in [-0.05, 0) is 42.0 Å². The molecule has 1 aliphatic heterocycles. The number of benzene rings is 2. The summed E-state index contributed by atoms with van der Waals surface area (Å²) in [6, 6.07) is 16.5. The van der Waals surface area contributed by atoms with Crippen LogP contribution in [0.4, 0.5) is 0 Å². The second-order valence-corrected chi connectivity index (χ2v) is 5.85. The lowest BCUT2D eigenvalue weighted by Crippen LogP contribution is -2.23. The predicted molar refractivity (Wildman–Crippen MR) is 85.9 cm³/mol. The molecule has 0 bridgehead atoms. The van der Waals surface area contributed by atoms with Crippen LogP contribution < -0.4 is 4.74 Å². The van der Waals surface area contributed by atoms with Gasteiger partial charge in [0.1, 0.15) is 12.4 Å². The van der Waals surface area contributed by atoms with Crippen LogP contribution in [0.5, 0.6) is 5.75 Å². The third-order valence-corrected chi connectivity index (χ3v) is 4.17. The van der Waals surface area contributed by atoms with Crippen LogP contribution in [0.3, 0.4) is 0 Å². The monoisotopic (exact) mass is 298 g/mol. The van der Waals surface area contributed by atoms with Gasteiger partial charge in [-0.2, -0.15) is 0 Å². The standard InChI is InChI=1S/C19H22O3/c1-14-11-16(17-9-10-21-19(20)12-17)7-8-18(14)22-13-15-5-3-2-4-6-15/h2-8,11,17,19-20H,9-10,12-13H2,1H3/t17-,19?/m0/s1. The molecule has 3 heteroatoms. The first-order chi connectivity index (χ1) is 10.7. The van der Waals surface area contributed by atoms with E-state index in [9.17, 15) is 5.11 Å². The summed E-state index contributed by atoms with van der Waals surface area (Å²) in [4.78, 5) is 0. The first kappa shape index (κ1) is 15.1. The van der Waals surface area contributed by atoms with E-state index in [0.29, 0.717) is 25.6 Å². The molecule has 1 aliphatic rings. The van der Waals surface area contributed by atoms with Crippen LogP contribution in [0.1, 0.15) is 35.4 Å². The van der Waals surface area contributed by atoms with Crippen LogP contribution in [0.15, 0.2) is 48.5 Å². The Hall–Kier alpha value is -1.84. The molecule has 116 valence electrons. The number of rotatable bonds is 4. The van der Waals surface area contributed by atoms with Crippen molar-refractivity contribution in [3.8, 4) is 5.75 Å². The molecule has 2 atom stereocenters. The SMILES string of the molecule is Cc1cc([C@H]2CCOC(O)C2)ccc1OCc1ccccc1. The molecular formula is C19H22O3. The van der Waals surface area contributed by atoms with Crippen molar-refractivity contribution >= 4 is 0 Å². The second-order valence-electron chi connectivity index (χ2n) is 5.85. The average Bonchev–Trinajstić information content (AvgIpc) is 2.54. The molecule has 2 aromatic carbocycles. The van der Waals surface area contributed by atoms with E-state index in [-0.39, 0.29) is 0 Å². The van der Waals surface area contributed by atoms with Crippen LogP contribution in [-0.2, 0) is 11.3 Å². The van der Waals surface area contributed by atoms with Gasteiger partial charge in [-0.1, -0.05) is 42.5 Å². The number of hydrogen-bond acceptors (Lipinski definition) is 3. The van der Waals surface area contributed by atoms with Crippen LogP contribution in [-0.4, -0.2) is 18.0 Å². The van der Waals surface area contributed by atoms with Crippen LogP contribution in [0.25, 0.3) is 0 Å². The first-order valence-corrected chi connectivity index (χ1v) is 7.79. The van der Waals surface area contributed by atoms with Crippen LogP contribution in [0.2, 0.25) is 0 Å². The fourth-order valence-corrected chi connectivity index (χ4v) is 2.90. The molecule has 2 aromatic rings. The Balaban J connectivity index is 1.67. The number of hydrogen-bond donors (Lipinski definition) is 1. The van der Waals surface area contributed by atoms with Gasteiger partial charge < -0.3 is 14.6 Å². The molecule has 1 unspecified atom stereocenters. The molecule has 0 amide bonds. The maximum absolute atomic E-state index is 9.63. The van der Waals surface area contributed by atoms with E-state index in [1.807, 2.05) is 24.3 Å². The molecule has 0 spiro atoms. The van der Waals surface area contributed by atoms with Crippen LogP contribution >= 0.6 is 0 Å². The highest BCUT2D eigenvalue weighted by Gasteiger charge is 2.22. The Labute approximate surface area is 131 Å². The van der Waals surface area contributed by atoms with Gasteiger partial charge in [-0.25, -0.2) is 0 Å². The zero-order valence-electron chi connectivity index (χ0n) is 12.9. The van der Waals surface area contributed by atoms with Crippen molar-refractivity contribution in [3.05, 3.63) is 65.2 Å². The summed E-state index contributed by atoms with van der Waals surface area (Å²) in [6.07, 6.45) is 0.998. The van der Waals surface area contributed by atoms with Crippen molar-refractivity contribution in [2.75, 3.05) is 6.61 Å². The van der Waals surface area contributed by atoms with E-state index in [0.717, 1.165) is 17.7 Å². The molecule has 3 nitrogen and oxygen atoms in total. The van der Waals surface area contributed by atoms with Gasteiger partial charge in [-0.15, -0.1) is 0 Å². The van der Waals surface area contributed by atoms with Gasteiger partial charge in [0.15, 0.2) is 6.29 Å². The Morgan fingerprint density at radius 2 is 2.00 bits per heavy atom. The topological polar surface area (TPSA) is 38.7 Å². The van der Waals surface area contributed by atoms with Gasteiger partial charge in [0, 0.05) is 6.42 Å². The summed E-state index contributed by atoms with van der Waals surface area (Å²) < 4.78 is 11.1. The number of ether oxygens (including phenoxy) is 2. The minimum absolute atomic E-state index is 0.366. The minimum Gasteiger partial charge on any atom is -0.489 e. The summed E-state index contributed by atoms with van der Waals surface area (Å²) in [7, 11) is 0. The molecule has 1 N–H and O–H groups in total. The van der Waals surface area contributed by atoms with Crippen LogP contribution in [0, 0.1) is 6.92 Å². The van der Waals surface area contributed by atoms with Gasteiger partial charge in [0.25, 0.3) is 0 Å². The Kier molecular flexibility index (Phi) is 4.76. The smallest absolute Gasteiger partial charge is 0.155 e. The second kappa shape index (κ2) is 6.95. The zero-order valence-corrected chi connectivity index (χ0v) is 12.9. The minimum atomic E-state index is -0.631. The normalized spacial score (nSPS) is 21.5. The molecule has 22 heavy (non-hydrogen) atoms. The molecule has 0 saturated carbocycles. The summed E-state index contributed by atoms with van der Waals surface area (Å²) in [5, 5.41) is 9.63. The van der Waals surface area contributed by atoms with Crippen molar-refractivity contribution in [2.24, 2.45) is 0 Å². The Bertz CT molecular complexity index is 609. The van der Waals surface area contributed by atoms with Crippen molar-refractivity contribution in [1.29, 1.82) is 0 Å². The van der Waals surface area contributed by atoms with Crippen molar-refractivity contribution < 1.29 is 14.6 Å². The lowest BCUT2D eigenvalue weighted by molar-refractivity contribution is -0.129. The van der Waals surface area contributed by atoms with E-state index in [1.54, 1.807) is 0 Å². The third kappa shape index (κ3) is 3.67. The summed E-state index contributed by atoms with van der Waals surface area (Å²) in [5.41, 5.74) is 3.56. The molecular weight excluding hydrogens is 276 g/mol. The lowest BCUT2D eigenvalue weighted by atomic mass is 9.90. The average molecular weight is 298 g/mol. The fourth-order valence-electron chi connectivity index (χ4n) is 2.90. The van der Waals surface area contributed by atoms with E-state index in [2.05, 4.69) is 31.2 Å². The number of aliphatic hydroxyl groups is 1.